The second-order valence-electron chi connectivity index (χ2n) is 10.5. The number of nitrogens with zero attached hydrogens (tertiary/aromatic N) is 1. The summed E-state index contributed by atoms with van der Waals surface area (Å²) in [4.78, 5) is 30.0. The van der Waals surface area contributed by atoms with Crippen molar-refractivity contribution in [2.24, 2.45) is 7.05 Å². The lowest BCUT2D eigenvalue weighted by atomic mass is 9.95. The molecular weight excluding hydrogens is 492 g/mol. The number of aryl methyl sites for hydroxylation is 2. The molecule has 0 aromatic carbocycles. The quantitative estimate of drug-likeness (QED) is 0.377. The number of fused-ring (bicyclic) bond motifs is 2. The Balaban J connectivity index is 1.37. The molecule has 1 aliphatic carbocycles. The summed E-state index contributed by atoms with van der Waals surface area (Å²) in [6, 6.07) is 1.82. The minimum Gasteiger partial charge on any atom is -0.456 e. The molecule has 0 fully saturated rings. The maximum atomic E-state index is 13.1. The van der Waals surface area contributed by atoms with Crippen molar-refractivity contribution in [1.82, 2.24) is 15.2 Å². The topological polar surface area (TPSA) is 84.4 Å². The molecule has 0 saturated heterocycles. The molecule has 2 aliphatic rings. The summed E-state index contributed by atoms with van der Waals surface area (Å²) < 4.78 is 7.76. The van der Waals surface area contributed by atoms with Gasteiger partial charge in [-0.3, -0.25) is 5.32 Å². The fourth-order valence-electron chi connectivity index (χ4n) is 4.97. The van der Waals surface area contributed by atoms with Crippen molar-refractivity contribution in [1.29, 1.82) is 0 Å². The molecule has 192 valence electrons. The average Bonchev–Trinajstić information content (AvgIpc) is 3.50. The van der Waals surface area contributed by atoms with Gasteiger partial charge in [0.2, 0.25) is 0 Å². The van der Waals surface area contributed by atoms with Crippen LogP contribution in [0.25, 0.3) is 10.4 Å². The van der Waals surface area contributed by atoms with Crippen LogP contribution in [0.4, 0.5) is 9.80 Å². The zero-order valence-corrected chi connectivity index (χ0v) is 23.0. The SMILES string of the molecule is Cn1ccc(-c2sc3c(c2CNC(=O)Nc2sc4c(c2C(=O)OC(C)(C)C)CCCC4)CCNC3)c1. The van der Waals surface area contributed by atoms with E-state index in [2.05, 4.69) is 28.2 Å². The van der Waals surface area contributed by atoms with Crippen molar-refractivity contribution in [3.8, 4) is 10.4 Å². The van der Waals surface area contributed by atoms with Crippen LogP contribution in [-0.4, -0.2) is 28.7 Å². The minimum absolute atomic E-state index is 0.300. The molecule has 4 heterocycles. The summed E-state index contributed by atoms with van der Waals surface area (Å²) in [6.07, 6.45) is 9.06. The third-order valence-corrected chi connectivity index (χ3v) is 9.09. The zero-order chi connectivity index (χ0) is 25.4. The van der Waals surface area contributed by atoms with Gasteiger partial charge in [-0.1, -0.05) is 0 Å². The number of hydrogen-bond acceptors (Lipinski definition) is 6. The van der Waals surface area contributed by atoms with Crippen LogP contribution in [0, 0.1) is 0 Å². The summed E-state index contributed by atoms with van der Waals surface area (Å²) in [5, 5.41) is 10.1. The van der Waals surface area contributed by atoms with Crippen molar-refractivity contribution in [3.05, 3.63) is 50.5 Å². The summed E-state index contributed by atoms with van der Waals surface area (Å²) >= 11 is 3.32. The standard InChI is InChI=1S/C27H34N4O3S2/c1-27(2,3)34-25(32)22-18-7-5-6-8-20(18)36-24(22)30-26(33)29-13-19-17-9-11-28-14-21(17)35-23(19)16-10-12-31(4)15-16/h10,12,15,28H,5-9,11,13-14H2,1-4H3,(H2,29,30,33). The van der Waals surface area contributed by atoms with Crippen LogP contribution in [-0.2, 0) is 44.1 Å². The number of carbonyl (C=O) groups excluding carboxylic acids is 2. The molecule has 9 heteroatoms. The first-order valence-corrected chi connectivity index (χ1v) is 14.2. The van der Waals surface area contributed by atoms with Gasteiger partial charge in [-0.05, 0) is 82.2 Å². The number of esters is 1. The Kier molecular flexibility index (Phi) is 6.98. The molecule has 36 heavy (non-hydrogen) atoms. The highest BCUT2D eigenvalue weighted by atomic mass is 32.1. The van der Waals surface area contributed by atoms with E-state index in [1.54, 1.807) is 0 Å². The normalized spacial score (nSPS) is 15.2. The van der Waals surface area contributed by atoms with Gasteiger partial charge < -0.3 is 19.9 Å². The molecule has 0 saturated carbocycles. The predicted octanol–water partition coefficient (Wildman–Crippen LogP) is 5.62. The molecule has 0 atom stereocenters. The van der Waals surface area contributed by atoms with E-state index in [9.17, 15) is 9.59 Å². The second-order valence-corrected chi connectivity index (χ2v) is 12.7. The Morgan fingerprint density at radius 1 is 1.11 bits per heavy atom. The number of thiophene rings is 2. The highest BCUT2D eigenvalue weighted by Gasteiger charge is 2.30. The van der Waals surface area contributed by atoms with Gasteiger partial charge in [-0.15, -0.1) is 22.7 Å². The lowest BCUT2D eigenvalue weighted by Gasteiger charge is -2.21. The molecule has 2 amide bonds. The van der Waals surface area contributed by atoms with E-state index in [0.29, 0.717) is 17.1 Å². The molecule has 7 nitrogen and oxygen atoms in total. The number of rotatable bonds is 5. The molecule has 5 rings (SSSR count). The molecule has 3 N–H and O–H groups in total. The van der Waals surface area contributed by atoms with Crippen LogP contribution in [0.15, 0.2) is 18.5 Å². The highest BCUT2D eigenvalue weighted by Crippen LogP contribution is 2.40. The van der Waals surface area contributed by atoms with E-state index in [4.69, 9.17) is 4.74 Å². The Morgan fingerprint density at radius 3 is 2.67 bits per heavy atom. The fraction of sp³-hybridized carbons (Fsp3) is 0.481. The molecule has 3 aromatic rings. The number of nitrogens with one attached hydrogen (secondary N) is 3. The second kappa shape index (κ2) is 10.0. The Labute approximate surface area is 220 Å². The van der Waals surface area contributed by atoms with E-state index in [0.717, 1.165) is 50.8 Å². The summed E-state index contributed by atoms with van der Waals surface area (Å²) in [7, 11) is 2.02. The van der Waals surface area contributed by atoms with E-state index >= 15 is 0 Å². The van der Waals surface area contributed by atoms with Crippen LogP contribution in [0.3, 0.4) is 0 Å². The van der Waals surface area contributed by atoms with Gasteiger partial charge in [-0.2, -0.15) is 0 Å². The Hall–Kier alpha value is -2.62. The number of hydrogen-bond donors (Lipinski definition) is 3. The molecule has 0 radical (unpaired) electrons. The van der Waals surface area contributed by atoms with E-state index < -0.39 is 5.60 Å². The Morgan fingerprint density at radius 2 is 1.92 bits per heavy atom. The van der Waals surface area contributed by atoms with Gasteiger partial charge in [0.25, 0.3) is 0 Å². The zero-order valence-electron chi connectivity index (χ0n) is 21.4. The van der Waals surface area contributed by atoms with E-state index in [1.807, 2.05) is 49.9 Å². The number of anilines is 1. The summed E-state index contributed by atoms with van der Waals surface area (Å²) in [5.41, 5.74) is 4.69. The maximum absolute atomic E-state index is 13.1. The van der Waals surface area contributed by atoms with E-state index in [1.165, 1.54) is 42.7 Å². The number of ether oxygens (including phenoxy) is 1. The van der Waals surface area contributed by atoms with Crippen LogP contribution < -0.4 is 16.0 Å². The average molecular weight is 527 g/mol. The van der Waals surface area contributed by atoms with Crippen LogP contribution in [0.2, 0.25) is 0 Å². The monoisotopic (exact) mass is 526 g/mol. The molecular formula is C27H34N4O3S2. The maximum Gasteiger partial charge on any atom is 0.341 e. The van der Waals surface area contributed by atoms with Crippen molar-refractivity contribution in [2.75, 3.05) is 11.9 Å². The van der Waals surface area contributed by atoms with Crippen molar-refractivity contribution >= 4 is 39.7 Å². The van der Waals surface area contributed by atoms with Gasteiger partial charge in [0.1, 0.15) is 10.6 Å². The smallest absolute Gasteiger partial charge is 0.341 e. The van der Waals surface area contributed by atoms with E-state index in [-0.39, 0.29) is 12.0 Å². The predicted molar refractivity (Wildman–Crippen MR) is 146 cm³/mol. The first kappa shape index (κ1) is 25.0. The van der Waals surface area contributed by atoms with Crippen molar-refractivity contribution in [2.45, 2.75) is 71.6 Å². The summed E-state index contributed by atoms with van der Waals surface area (Å²) in [5.74, 6) is -0.358. The number of carbonyl (C=O) groups is 2. The van der Waals surface area contributed by atoms with Crippen LogP contribution in [0.5, 0.6) is 0 Å². The van der Waals surface area contributed by atoms with Gasteiger partial charge >= 0.3 is 12.0 Å². The molecule has 0 unspecified atom stereocenters. The van der Waals surface area contributed by atoms with Crippen molar-refractivity contribution < 1.29 is 14.3 Å². The highest BCUT2D eigenvalue weighted by molar-refractivity contribution is 7.17. The lowest BCUT2D eigenvalue weighted by Crippen LogP contribution is -2.30. The third-order valence-electron chi connectivity index (χ3n) is 6.56. The number of urea groups is 1. The first-order valence-electron chi connectivity index (χ1n) is 12.6. The fourth-order valence-corrected chi connectivity index (χ4v) is 7.57. The lowest BCUT2D eigenvalue weighted by molar-refractivity contribution is 0.00699. The Bertz CT molecular complexity index is 1300. The number of amides is 2. The van der Waals surface area contributed by atoms with Crippen molar-refractivity contribution in [3.63, 3.8) is 0 Å². The molecule has 3 aromatic heterocycles. The van der Waals surface area contributed by atoms with Gasteiger partial charge in [0.05, 0.1) is 5.56 Å². The number of aromatic nitrogens is 1. The summed E-state index contributed by atoms with van der Waals surface area (Å²) in [6.45, 7) is 7.85. The molecule has 0 bridgehead atoms. The minimum atomic E-state index is -0.596. The van der Waals surface area contributed by atoms with Gasteiger partial charge in [-0.25, -0.2) is 9.59 Å². The first-order chi connectivity index (χ1) is 17.2. The van der Waals surface area contributed by atoms with Gasteiger partial charge in [0, 0.05) is 52.7 Å². The largest absolute Gasteiger partial charge is 0.456 e. The van der Waals surface area contributed by atoms with Crippen LogP contribution in [0.1, 0.15) is 70.4 Å². The molecule has 1 aliphatic heterocycles. The van der Waals surface area contributed by atoms with Gasteiger partial charge in [0.15, 0.2) is 0 Å². The third kappa shape index (κ3) is 5.23. The van der Waals surface area contributed by atoms with Crippen LogP contribution >= 0.6 is 22.7 Å². The molecule has 0 spiro atoms.